The van der Waals surface area contributed by atoms with Crippen LogP contribution in [0.1, 0.15) is 31.2 Å². The number of hydrogen-bond acceptors (Lipinski definition) is 2. The first-order chi connectivity index (χ1) is 9.43. The maximum absolute atomic E-state index is 13.9. The van der Waals surface area contributed by atoms with Gasteiger partial charge in [0.25, 0.3) is 0 Å². The van der Waals surface area contributed by atoms with E-state index in [1.165, 1.54) is 19.2 Å². The summed E-state index contributed by atoms with van der Waals surface area (Å²) in [5.41, 5.74) is 0.256. The molecule has 110 valence electrons. The quantitative estimate of drug-likeness (QED) is 0.842. The van der Waals surface area contributed by atoms with E-state index < -0.39 is 11.7 Å². The SMILES string of the molecule is COc1cccc(CC(=O)C2CCC(F)(F)CC2)c1F. The number of halogens is 3. The van der Waals surface area contributed by atoms with Gasteiger partial charge in [-0.3, -0.25) is 4.79 Å². The van der Waals surface area contributed by atoms with Gasteiger partial charge in [-0.25, -0.2) is 13.2 Å². The van der Waals surface area contributed by atoms with Crippen LogP contribution in [0, 0.1) is 11.7 Å². The zero-order chi connectivity index (χ0) is 14.8. The molecule has 0 heterocycles. The van der Waals surface area contributed by atoms with E-state index in [2.05, 4.69) is 0 Å². The molecule has 1 saturated carbocycles. The molecule has 0 aromatic heterocycles. The van der Waals surface area contributed by atoms with Gasteiger partial charge >= 0.3 is 0 Å². The molecule has 20 heavy (non-hydrogen) atoms. The number of ether oxygens (including phenoxy) is 1. The molecule has 0 spiro atoms. The van der Waals surface area contributed by atoms with E-state index in [-0.39, 0.29) is 55.1 Å². The fourth-order valence-electron chi connectivity index (χ4n) is 2.54. The van der Waals surface area contributed by atoms with Crippen molar-refractivity contribution in [3.8, 4) is 5.75 Å². The highest BCUT2D eigenvalue weighted by atomic mass is 19.3. The van der Waals surface area contributed by atoms with Gasteiger partial charge in [0.15, 0.2) is 11.6 Å². The predicted molar refractivity (Wildman–Crippen MR) is 68.6 cm³/mol. The van der Waals surface area contributed by atoms with Crippen molar-refractivity contribution in [1.82, 2.24) is 0 Å². The highest BCUT2D eigenvalue weighted by Crippen LogP contribution is 2.37. The van der Waals surface area contributed by atoms with Gasteiger partial charge in [-0.15, -0.1) is 0 Å². The number of rotatable bonds is 4. The van der Waals surface area contributed by atoms with Crippen LogP contribution >= 0.6 is 0 Å². The lowest BCUT2D eigenvalue weighted by molar-refractivity contribution is -0.126. The number of carbonyl (C=O) groups excluding carboxylic acids is 1. The second-order valence-electron chi connectivity index (χ2n) is 5.21. The molecule has 0 amide bonds. The van der Waals surface area contributed by atoms with Gasteiger partial charge in [-0.2, -0.15) is 0 Å². The lowest BCUT2D eigenvalue weighted by Crippen LogP contribution is -2.29. The van der Waals surface area contributed by atoms with Crippen LogP contribution in [0.4, 0.5) is 13.2 Å². The highest BCUT2D eigenvalue weighted by Gasteiger charge is 2.37. The van der Waals surface area contributed by atoms with Gasteiger partial charge in [0.05, 0.1) is 7.11 Å². The number of benzene rings is 1. The number of hydrogen-bond donors (Lipinski definition) is 0. The molecule has 1 aromatic rings. The largest absolute Gasteiger partial charge is 0.494 e. The Bertz CT molecular complexity index is 490. The molecule has 1 aliphatic carbocycles. The van der Waals surface area contributed by atoms with Crippen molar-refractivity contribution >= 4 is 5.78 Å². The Balaban J connectivity index is 2.02. The van der Waals surface area contributed by atoms with E-state index in [1.54, 1.807) is 6.07 Å². The van der Waals surface area contributed by atoms with Gasteiger partial charge in [0, 0.05) is 25.2 Å². The lowest BCUT2D eigenvalue weighted by Gasteiger charge is -2.27. The summed E-state index contributed by atoms with van der Waals surface area (Å²) in [6.45, 7) is 0. The summed E-state index contributed by atoms with van der Waals surface area (Å²) < 4.78 is 44.9. The minimum Gasteiger partial charge on any atom is -0.494 e. The monoisotopic (exact) mass is 286 g/mol. The van der Waals surface area contributed by atoms with E-state index in [1.807, 2.05) is 0 Å². The average molecular weight is 286 g/mol. The van der Waals surface area contributed by atoms with Crippen LogP contribution in [0.2, 0.25) is 0 Å². The smallest absolute Gasteiger partial charge is 0.248 e. The van der Waals surface area contributed by atoms with Crippen LogP contribution in [0.25, 0.3) is 0 Å². The van der Waals surface area contributed by atoms with Crippen molar-refractivity contribution in [2.45, 2.75) is 38.0 Å². The van der Waals surface area contributed by atoms with Crippen molar-refractivity contribution in [3.63, 3.8) is 0 Å². The molecular formula is C15H17F3O2. The second kappa shape index (κ2) is 5.85. The maximum atomic E-state index is 13.9. The summed E-state index contributed by atoms with van der Waals surface area (Å²) in [5, 5.41) is 0. The first-order valence-electron chi connectivity index (χ1n) is 6.65. The molecule has 0 unspecified atom stereocenters. The van der Waals surface area contributed by atoms with E-state index >= 15 is 0 Å². The first-order valence-corrected chi connectivity index (χ1v) is 6.65. The van der Waals surface area contributed by atoms with E-state index in [4.69, 9.17) is 4.74 Å². The lowest BCUT2D eigenvalue weighted by atomic mass is 9.82. The molecule has 0 bridgehead atoms. The summed E-state index contributed by atoms with van der Waals surface area (Å²) in [5.74, 6) is -3.68. The summed E-state index contributed by atoms with van der Waals surface area (Å²) in [7, 11) is 1.35. The predicted octanol–water partition coefficient (Wildman–Crippen LogP) is 3.77. The van der Waals surface area contributed by atoms with Gasteiger partial charge in [0.2, 0.25) is 5.92 Å². The standard InChI is InChI=1S/C15H17F3O2/c1-20-13-4-2-3-11(14(13)16)9-12(19)10-5-7-15(17,18)8-6-10/h2-4,10H,5-9H2,1H3. The third-order valence-electron chi connectivity index (χ3n) is 3.80. The summed E-state index contributed by atoms with van der Waals surface area (Å²) in [4.78, 5) is 12.1. The Kier molecular flexibility index (Phi) is 4.35. The molecule has 0 radical (unpaired) electrons. The molecule has 1 aromatic carbocycles. The Morgan fingerprint density at radius 3 is 2.60 bits per heavy atom. The Labute approximate surface area is 115 Å². The van der Waals surface area contributed by atoms with Crippen molar-refractivity contribution in [2.24, 2.45) is 5.92 Å². The summed E-state index contributed by atoms with van der Waals surface area (Å²) in [6, 6.07) is 4.61. The molecule has 5 heteroatoms. The van der Waals surface area contributed by atoms with Crippen molar-refractivity contribution in [2.75, 3.05) is 7.11 Å². The molecule has 1 fully saturated rings. The Hall–Kier alpha value is -1.52. The van der Waals surface area contributed by atoms with Crippen molar-refractivity contribution < 1.29 is 22.7 Å². The molecule has 0 atom stereocenters. The minimum absolute atomic E-state index is 0.0702. The third kappa shape index (κ3) is 3.32. The zero-order valence-electron chi connectivity index (χ0n) is 11.3. The van der Waals surface area contributed by atoms with Gasteiger partial charge in [-0.1, -0.05) is 12.1 Å². The van der Waals surface area contributed by atoms with Crippen LogP contribution in [0.15, 0.2) is 18.2 Å². The van der Waals surface area contributed by atoms with Crippen LogP contribution in [-0.2, 0) is 11.2 Å². The molecule has 0 N–H and O–H groups in total. The fraction of sp³-hybridized carbons (Fsp3) is 0.533. The molecule has 1 aliphatic rings. The van der Waals surface area contributed by atoms with E-state index in [0.717, 1.165) is 0 Å². The molecule has 0 saturated heterocycles. The number of Topliss-reactive ketones (excluding diaryl/α,β-unsaturated/α-hetero) is 1. The average Bonchev–Trinajstić information content (AvgIpc) is 2.41. The Morgan fingerprint density at radius 1 is 1.35 bits per heavy atom. The molecule has 2 nitrogen and oxygen atoms in total. The molecular weight excluding hydrogens is 269 g/mol. The summed E-state index contributed by atoms with van der Waals surface area (Å²) >= 11 is 0. The van der Waals surface area contributed by atoms with Crippen LogP contribution in [0.3, 0.4) is 0 Å². The number of methoxy groups -OCH3 is 1. The van der Waals surface area contributed by atoms with Crippen LogP contribution < -0.4 is 4.74 Å². The van der Waals surface area contributed by atoms with Crippen LogP contribution in [0.5, 0.6) is 5.75 Å². The van der Waals surface area contributed by atoms with Crippen molar-refractivity contribution in [3.05, 3.63) is 29.6 Å². The molecule has 0 aliphatic heterocycles. The van der Waals surface area contributed by atoms with Crippen molar-refractivity contribution in [1.29, 1.82) is 0 Å². The van der Waals surface area contributed by atoms with Gasteiger partial charge in [0.1, 0.15) is 5.78 Å². The zero-order valence-corrected chi connectivity index (χ0v) is 11.3. The van der Waals surface area contributed by atoms with Crippen LogP contribution in [-0.4, -0.2) is 18.8 Å². The van der Waals surface area contributed by atoms with Gasteiger partial charge in [-0.05, 0) is 24.5 Å². The topological polar surface area (TPSA) is 26.3 Å². The number of alkyl halides is 2. The normalized spacial score (nSPS) is 18.8. The summed E-state index contributed by atoms with van der Waals surface area (Å²) in [6.07, 6.45) is -0.234. The van der Waals surface area contributed by atoms with Gasteiger partial charge < -0.3 is 4.74 Å². The molecule has 2 rings (SSSR count). The van der Waals surface area contributed by atoms with E-state index in [9.17, 15) is 18.0 Å². The Morgan fingerprint density at radius 2 is 2.00 bits per heavy atom. The fourth-order valence-corrected chi connectivity index (χ4v) is 2.54. The minimum atomic E-state index is -2.65. The van der Waals surface area contributed by atoms with E-state index in [0.29, 0.717) is 0 Å². The highest BCUT2D eigenvalue weighted by molar-refractivity contribution is 5.83. The first kappa shape index (κ1) is 14.9. The number of carbonyl (C=O) groups is 1. The number of ketones is 1. The third-order valence-corrected chi connectivity index (χ3v) is 3.80. The second-order valence-corrected chi connectivity index (χ2v) is 5.21. The maximum Gasteiger partial charge on any atom is 0.248 e.